The third-order valence-electron chi connectivity index (χ3n) is 3.11. The summed E-state index contributed by atoms with van der Waals surface area (Å²) < 4.78 is 5.65. The van der Waals surface area contributed by atoms with Crippen LogP contribution in [0.15, 0.2) is 0 Å². The summed E-state index contributed by atoms with van der Waals surface area (Å²) in [5.41, 5.74) is 0.257. The van der Waals surface area contributed by atoms with Gasteiger partial charge in [-0.3, -0.25) is 4.90 Å². The average molecular weight is 244 g/mol. The van der Waals surface area contributed by atoms with Crippen LogP contribution in [-0.2, 0) is 4.74 Å². The van der Waals surface area contributed by atoms with Gasteiger partial charge in [0.05, 0.1) is 18.8 Å². The van der Waals surface area contributed by atoms with E-state index < -0.39 is 0 Å². The van der Waals surface area contributed by atoms with Gasteiger partial charge in [0, 0.05) is 26.2 Å². The second kappa shape index (κ2) is 6.69. The fourth-order valence-corrected chi connectivity index (χ4v) is 2.50. The zero-order valence-corrected chi connectivity index (χ0v) is 11.7. The molecule has 2 N–H and O–H groups in total. The highest BCUT2D eigenvalue weighted by Gasteiger charge is 2.29. The molecule has 1 aliphatic rings. The molecule has 1 rings (SSSR count). The molecular weight excluding hydrogens is 216 g/mol. The van der Waals surface area contributed by atoms with Crippen molar-refractivity contribution in [2.45, 2.75) is 39.9 Å². The molecule has 0 radical (unpaired) electrons. The van der Waals surface area contributed by atoms with E-state index in [9.17, 15) is 5.11 Å². The Balaban J connectivity index is 2.43. The number of rotatable bonds is 6. The normalized spacial score (nSPS) is 27.4. The van der Waals surface area contributed by atoms with E-state index in [1.165, 1.54) is 0 Å². The van der Waals surface area contributed by atoms with Crippen LogP contribution in [0.4, 0.5) is 0 Å². The first-order chi connectivity index (χ1) is 7.96. The van der Waals surface area contributed by atoms with Crippen molar-refractivity contribution >= 4 is 0 Å². The Hall–Kier alpha value is -0.160. The summed E-state index contributed by atoms with van der Waals surface area (Å²) in [6, 6.07) is 0. The van der Waals surface area contributed by atoms with Gasteiger partial charge in [0.15, 0.2) is 0 Å². The standard InChI is InChI=1S/C13H28N2O2/c1-5-14-9-13(3,4)10-15-6-11(2)17-12(7-15)8-16/h11-12,14,16H,5-10H2,1-4H3. The van der Waals surface area contributed by atoms with Gasteiger partial charge in [0.1, 0.15) is 0 Å². The maximum absolute atomic E-state index is 9.20. The first-order valence-electron chi connectivity index (χ1n) is 6.66. The Morgan fingerprint density at radius 2 is 2.12 bits per heavy atom. The molecule has 0 aromatic carbocycles. The van der Waals surface area contributed by atoms with Crippen molar-refractivity contribution in [2.24, 2.45) is 5.41 Å². The van der Waals surface area contributed by atoms with E-state index in [-0.39, 0.29) is 24.2 Å². The highest BCUT2D eigenvalue weighted by Crippen LogP contribution is 2.19. The van der Waals surface area contributed by atoms with Gasteiger partial charge in [0.2, 0.25) is 0 Å². The molecule has 102 valence electrons. The van der Waals surface area contributed by atoms with Gasteiger partial charge in [-0.2, -0.15) is 0 Å². The number of aliphatic hydroxyl groups excluding tert-OH is 1. The van der Waals surface area contributed by atoms with E-state index in [2.05, 4.69) is 37.9 Å². The Morgan fingerprint density at radius 3 is 2.71 bits per heavy atom. The van der Waals surface area contributed by atoms with Crippen molar-refractivity contribution < 1.29 is 9.84 Å². The molecule has 0 spiro atoms. The molecule has 0 saturated carbocycles. The molecular formula is C13H28N2O2. The maximum atomic E-state index is 9.20. The van der Waals surface area contributed by atoms with Crippen LogP contribution < -0.4 is 5.32 Å². The molecule has 1 fully saturated rings. The van der Waals surface area contributed by atoms with Crippen molar-refractivity contribution in [1.29, 1.82) is 0 Å². The van der Waals surface area contributed by atoms with Crippen LogP contribution in [0, 0.1) is 5.41 Å². The number of ether oxygens (including phenoxy) is 1. The summed E-state index contributed by atoms with van der Waals surface area (Å²) in [6.07, 6.45) is 0.199. The summed E-state index contributed by atoms with van der Waals surface area (Å²) in [5, 5.41) is 12.6. The Morgan fingerprint density at radius 1 is 1.41 bits per heavy atom. The molecule has 4 heteroatoms. The van der Waals surface area contributed by atoms with Crippen molar-refractivity contribution in [3.63, 3.8) is 0 Å². The zero-order valence-electron chi connectivity index (χ0n) is 11.7. The van der Waals surface area contributed by atoms with Crippen molar-refractivity contribution in [2.75, 3.05) is 39.3 Å². The molecule has 0 aromatic rings. The molecule has 0 aliphatic carbocycles. The smallest absolute Gasteiger partial charge is 0.0936 e. The molecule has 0 amide bonds. The van der Waals surface area contributed by atoms with Crippen LogP contribution in [0.5, 0.6) is 0 Å². The molecule has 1 saturated heterocycles. The van der Waals surface area contributed by atoms with E-state index >= 15 is 0 Å². The first-order valence-corrected chi connectivity index (χ1v) is 6.66. The second-order valence-electron chi connectivity index (χ2n) is 5.89. The average Bonchev–Trinajstić information content (AvgIpc) is 2.25. The third kappa shape index (κ3) is 5.34. The van der Waals surface area contributed by atoms with Crippen LogP contribution >= 0.6 is 0 Å². The first kappa shape index (κ1) is 14.9. The number of aliphatic hydroxyl groups is 1. The molecule has 0 bridgehead atoms. The Labute approximate surface area is 105 Å². The number of nitrogens with one attached hydrogen (secondary N) is 1. The molecule has 4 nitrogen and oxygen atoms in total. The predicted octanol–water partition coefficient (Wildman–Crippen LogP) is 0.704. The minimum absolute atomic E-state index is 0.0197. The zero-order chi connectivity index (χ0) is 12.9. The molecule has 2 atom stereocenters. The lowest BCUT2D eigenvalue weighted by Gasteiger charge is -2.40. The van der Waals surface area contributed by atoms with Crippen LogP contribution in [-0.4, -0.2) is 61.5 Å². The van der Waals surface area contributed by atoms with Crippen LogP contribution in [0.2, 0.25) is 0 Å². The number of morpholine rings is 1. The molecule has 17 heavy (non-hydrogen) atoms. The fourth-order valence-electron chi connectivity index (χ4n) is 2.50. The Bertz CT molecular complexity index is 221. The summed E-state index contributed by atoms with van der Waals surface area (Å²) in [6.45, 7) is 13.8. The predicted molar refractivity (Wildman–Crippen MR) is 70.2 cm³/mol. The lowest BCUT2D eigenvalue weighted by molar-refractivity contribution is -0.101. The van der Waals surface area contributed by atoms with Gasteiger partial charge in [-0.15, -0.1) is 0 Å². The highest BCUT2D eigenvalue weighted by atomic mass is 16.5. The second-order valence-corrected chi connectivity index (χ2v) is 5.89. The lowest BCUT2D eigenvalue weighted by Crippen LogP contribution is -2.51. The van der Waals surface area contributed by atoms with Crippen LogP contribution in [0.25, 0.3) is 0 Å². The van der Waals surface area contributed by atoms with Gasteiger partial charge >= 0.3 is 0 Å². The number of hydrogen-bond acceptors (Lipinski definition) is 4. The van der Waals surface area contributed by atoms with Gasteiger partial charge in [-0.05, 0) is 18.9 Å². The van der Waals surface area contributed by atoms with E-state index in [0.717, 1.165) is 32.7 Å². The summed E-state index contributed by atoms with van der Waals surface area (Å²) in [4.78, 5) is 2.41. The van der Waals surface area contributed by atoms with Gasteiger partial charge < -0.3 is 15.2 Å². The SMILES string of the molecule is CCNCC(C)(C)CN1CC(C)OC(CO)C1. The lowest BCUT2D eigenvalue weighted by atomic mass is 9.92. The third-order valence-corrected chi connectivity index (χ3v) is 3.11. The van der Waals surface area contributed by atoms with Crippen LogP contribution in [0.3, 0.4) is 0 Å². The van der Waals surface area contributed by atoms with Gasteiger partial charge in [-0.25, -0.2) is 0 Å². The maximum Gasteiger partial charge on any atom is 0.0936 e. The monoisotopic (exact) mass is 244 g/mol. The minimum Gasteiger partial charge on any atom is -0.394 e. The van der Waals surface area contributed by atoms with Crippen molar-refractivity contribution in [3.05, 3.63) is 0 Å². The van der Waals surface area contributed by atoms with Crippen molar-refractivity contribution in [1.82, 2.24) is 10.2 Å². The van der Waals surface area contributed by atoms with Gasteiger partial charge in [0.25, 0.3) is 0 Å². The summed E-state index contributed by atoms with van der Waals surface area (Å²) in [7, 11) is 0. The summed E-state index contributed by atoms with van der Waals surface area (Å²) >= 11 is 0. The Kier molecular flexibility index (Phi) is 5.86. The molecule has 1 heterocycles. The molecule has 1 aliphatic heterocycles. The summed E-state index contributed by atoms with van der Waals surface area (Å²) in [5.74, 6) is 0. The van der Waals surface area contributed by atoms with Crippen molar-refractivity contribution in [3.8, 4) is 0 Å². The topological polar surface area (TPSA) is 44.7 Å². The molecule has 2 unspecified atom stereocenters. The fraction of sp³-hybridized carbons (Fsp3) is 1.00. The van der Waals surface area contributed by atoms with E-state index in [0.29, 0.717) is 0 Å². The molecule has 0 aromatic heterocycles. The number of nitrogens with zero attached hydrogens (tertiary/aromatic N) is 1. The highest BCUT2D eigenvalue weighted by molar-refractivity contribution is 4.81. The van der Waals surface area contributed by atoms with E-state index in [1.54, 1.807) is 0 Å². The van der Waals surface area contributed by atoms with E-state index in [1.807, 2.05) is 0 Å². The quantitative estimate of drug-likeness (QED) is 0.722. The van der Waals surface area contributed by atoms with E-state index in [4.69, 9.17) is 4.74 Å². The van der Waals surface area contributed by atoms with Gasteiger partial charge in [-0.1, -0.05) is 20.8 Å². The minimum atomic E-state index is -0.0197. The van der Waals surface area contributed by atoms with Crippen LogP contribution in [0.1, 0.15) is 27.7 Å². The number of hydrogen-bond donors (Lipinski definition) is 2. The largest absolute Gasteiger partial charge is 0.394 e.